The van der Waals surface area contributed by atoms with Crippen LogP contribution in [-0.2, 0) is 21.7 Å². The second kappa shape index (κ2) is 11.7. The Hall–Kier alpha value is -3.14. The molecule has 1 aliphatic rings. The standard InChI is InChI=1S/C39H54N4/c1-10-36(11-2)28-19-18-20-29(40-28)38(14-5,15-6)34-25-27(9)26-35(43-34)39(16-7,17-8)33-24-23-32(42-33)37(12-3,13-4)31-22-21-30(36)41-31/h18-26,41-42H,10-17H2,1-9H3. The van der Waals surface area contributed by atoms with Crippen molar-refractivity contribution < 1.29 is 0 Å². The van der Waals surface area contributed by atoms with Crippen LogP contribution in [0.25, 0.3) is 0 Å². The van der Waals surface area contributed by atoms with Gasteiger partial charge in [0.1, 0.15) is 0 Å². The van der Waals surface area contributed by atoms with Crippen molar-refractivity contribution in [1.82, 2.24) is 19.9 Å². The Balaban J connectivity index is 1.93. The van der Waals surface area contributed by atoms with Crippen LogP contribution in [0.5, 0.6) is 0 Å². The fourth-order valence-corrected chi connectivity index (χ4v) is 8.56. The van der Waals surface area contributed by atoms with Crippen LogP contribution in [0.1, 0.15) is 158 Å². The number of aromatic amines is 2. The Labute approximate surface area is 260 Å². The van der Waals surface area contributed by atoms with Crippen molar-refractivity contribution in [2.45, 2.75) is 135 Å². The monoisotopic (exact) mass is 578 g/mol. The summed E-state index contributed by atoms with van der Waals surface area (Å²) in [5, 5.41) is 0. The van der Waals surface area contributed by atoms with E-state index in [1.807, 2.05) is 0 Å². The topological polar surface area (TPSA) is 57.4 Å². The normalized spacial score (nSPS) is 18.0. The highest BCUT2D eigenvalue weighted by Crippen LogP contribution is 2.47. The van der Waals surface area contributed by atoms with Gasteiger partial charge in [0, 0.05) is 28.2 Å². The average molecular weight is 579 g/mol. The predicted octanol–water partition coefficient (Wildman–Crippen LogP) is 10.2. The van der Waals surface area contributed by atoms with E-state index in [1.165, 1.54) is 34.0 Å². The molecule has 4 heteroatoms. The first-order chi connectivity index (χ1) is 20.7. The Bertz CT molecular complexity index is 1540. The van der Waals surface area contributed by atoms with Gasteiger partial charge in [-0.05, 0) is 112 Å². The molecule has 4 nitrogen and oxygen atoms in total. The molecule has 2 N–H and O–H groups in total. The van der Waals surface area contributed by atoms with Gasteiger partial charge in [-0.25, -0.2) is 0 Å². The maximum Gasteiger partial charge on any atom is 0.0543 e. The van der Waals surface area contributed by atoms with Gasteiger partial charge in [-0.15, -0.1) is 0 Å². The SMILES string of the molecule is CCC1(CC)c2cccc(n2)C(CC)(CC)c2ccc([nH]2)C(CC)(CC)c2ccc([nH]2)C(CC)(CC)c2cc(C)cc1n2. The van der Waals surface area contributed by atoms with Crippen LogP contribution < -0.4 is 0 Å². The van der Waals surface area contributed by atoms with E-state index in [2.05, 4.69) is 127 Å². The fourth-order valence-electron chi connectivity index (χ4n) is 8.56. The molecule has 43 heavy (non-hydrogen) atoms. The van der Waals surface area contributed by atoms with Crippen molar-refractivity contribution in [3.63, 3.8) is 0 Å². The number of hydrogen-bond donors (Lipinski definition) is 2. The highest BCUT2D eigenvalue weighted by Gasteiger charge is 2.43. The van der Waals surface area contributed by atoms with Gasteiger partial charge in [-0.3, -0.25) is 9.97 Å². The third-order valence-corrected chi connectivity index (χ3v) is 11.9. The number of rotatable bonds is 8. The molecule has 230 valence electrons. The first-order valence-corrected chi connectivity index (χ1v) is 17.1. The third-order valence-electron chi connectivity index (χ3n) is 11.9. The van der Waals surface area contributed by atoms with Crippen LogP contribution in [0.2, 0.25) is 0 Å². The predicted molar refractivity (Wildman–Crippen MR) is 180 cm³/mol. The summed E-state index contributed by atoms with van der Waals surface area (Å²) in [4.78, 5) is 19.3. The van der Waals surface area contributed by atoms with Crippen LogP contribution in [-0.4, -0.2) is 19.9 Å². The molecule has 5 rings (SSSR count). The summed E-state index contributed by atoms with van der Waals surface area (Å²) in [6.07, 6.45) is 7.82. The van der Waals surface area contributed by atoms with Crippen molar-refractivity contribution in [3.05, 3.63) is 106 Å². The summed E-state index contributed by atoms with van der Waals surface area (Å²) in [5.74, 6) is 0. The lowest BCUT2D eigenvalue weighted by Gasteiger charge is -2.37. The molecule has 0 aliphatic carbocycles. The van der Waals surface area contributed by atoms with E-state index in [-0.39, 0.29) is 21.7 Å². The van der Waals surface area contributed by atoms with Gasteiger partial charge in [0.05, 0.1) is 39.0 Å². The molecule has 0 aromatic carbocycles. The highest BCUT2D eigenvalue weighted by molar-refractivity contribution is 5.45. The summed E-state index contributed by atoms with van der Waals surface area (Å²) in [7, 11) is 0. The van der Waals surface area contributed by atoms with Crippen LogP contribution in [0.3, 0.4) is 0 Å². The smallest absolute Gasteiger partial charge is 0.0543 e. The summed E-state index contributed by atoms with van der Waals surface area (Å²) in [6, 6.07) is 20.8. The molecular formula is C39H54N4. The zero-order valence-electron chi connectivity index (χ0n) is 28.2. The highest BCUT2D eigenvalue weighted by atomic mass is 14.9. The van der Waals surface area contributed by atoms with Gasteiger partial charge in [0.15, 0.2) is 0 Å². The van der Waals surface area contributed by atoms with Crippen molar-refractivity contribution in [3.8, 4) is 0 Å². The van der Waals surface area contributed by atoms with Crippen LogP contribution in [0.4, 0.5) is 0 Å². The summed E-state index contributed by atoms with van der Waals surface area (Å²) in [6.45, 7) is 20.8. The number of fused-ring (bicyclic) bond motifs is 8. The van der Waals surface area contributed by atoms with Crippen LogP contribution in [0.15, 0.2) is 54.6 Å². The minimum atomic E-state index is -0.268. The number of nitrogens with zero attached hydrogens (tertiary/aromatic N) is 2. The first kappa shape index (κ1) is 31.3. The number of hydrogen-bond acceptors (Lipinski definition) is 2. The molecule has 1 aliphatic heterocycles. The molecule has 8 bridgehead atoms. The van der Waals surface area contributed by atoms with E-state index in [0.717, 1.165) is 68.4 Å². The largest absolute Gasteiger partial charge is 0.361 e. The fraction of sp³-hybridized carbons (Fsp3) is 0.538. The molecule has 4 aromatic rings. The molecule has 0 spiro atoms. The van der Waals surface area contributed by atoms with Crippen molar-refractivity contribution in [2.24, 2.45) is 0 Å². The maximum atomic E-state index is 5.64. The molecule has 0 saturated heterocycles. The van der Waals surface area contributed by atoms with Crippen LogP contribution in [0, 0.1) is 6.92 Å². The zero-order valence-corrected chi connectivity index (χ0v) is 28.2. The molecular weight excluding hydrogens is 524 g/mol. The minimum absolute atomic E-state index is 0.131. The first-order valence-electron chi connectivity index (χ1n) is 17.1. The molecule has 0 unspecified atom stereocenters. The van der Waals surface area contributed by atoms with E-state index >= 15 is 0 Å². The lowest BCUT2D eigenvalue weighted by Crippen LogP contribution is -2.35. The van der Waals surface area contributed by atoms with E-state index in [1.54, 1.807) is 0 Å². The van der Waals surface area contributed by atoms with Crippen molar-refractivity contribution in [2.75, 3.05) is 0 Å². The number of nitrogens with one attached hydrogen (secondary N) is 2. The van der Waals surface area contributed by atoms with Gasteiger partial charge < -0.3 is 9.97 Å². The Morgan fingerprint density at radius 2 is 0.767 bits per heavy atom. The molecule has 5 heterocycles. The van der Waals surface area contributed by atoms with E-state index in [0.29, 0.717) is 0 Å². The van der Waals surface area contributed by atoms with Gasteiger partial charge in [-0.2, -0.15) is 0 Å². The van der Waals surface area contributed by atoms with Crippen molar-refractivity contribution in [1.29, 1.82) is 0 Å². The third kappa shape index (κ3) is 4.46. The Morgan fingerprint density at radius 1 is 0.442 bits per heavy atom. The number of aryl methyl sites for hydroxylation is 1. The summed E-state index contributed by atoms with van der Waals surface area (Å²) < 4.78 is 0. The van der Waals surface area contributed by atoms with Crippen LogP contribution >= 0.6 is 0 Å². The number of pyridine rings is 2. The van der Waals surface area contributed by atoms with E-state index in [9.17, 15) is 0 Å². The Morgan fingerprint density at radius 3 is 1.19 bits per heavy atom. The second-order valence-electron chi connectivity index (χ2n) is 13.1. The molecule has 0 radical (unpaired) electrons. The average Bonchev–Trinajstić information content (AvgIpc) is 3.73. The van der Waals surface area contributed by atoms with Gasteiger partial charge in [-0.1, -0.05) is 61.5 Å². The van der Waals surface area contributed by atoms with Gasteiger partial charge in [0.2, 0.25) is 0 Å². The zero-order chi connectivity index (χ0) is 31.0. The van der Waals surface area contributed by atoms with Crippen molar-refractivity contribution >= 4 is 0 Å². The number of H-pyrrole nitrogens is 2. The molecule has 4 aromatic heterocycles. The van der Waals surface area contributed by atoms with Gasteiger partial charge >= 0.3 is 0 Å². The quantitative estimate of drug-likeness (QED) is 0.218. The van der Waals surface area contributed by atoms with Gasteiger partial charge in [0.25, 0.3) is 0 Å². The minimum Gasteiger partial charge on any atom is -0.361 e. The summed E-state index contributed by atoms with van der Waals surface area (Å²) in [5.41, 5.74) is 10.2. The Kier molecular flexibility index (Phi) is 8.55. The number of aromatic nitrogens is 4. The van der Waals surface area contributed by atoms with E-state index < -0.39 is 0 Å². The van der Waals surface area contributed by atoms with E-state index in [4.69, 9.17) is 9.97 Å². The lowest BCUT2D eigenvalue weighted by molar-refractivity contribution is 0.406. The lowest BCUT2D eigenvalue weighted by atomic mass is 9.72. The molecule has 0 saturated carbocycles. The molecule has 0 atom stereocenters. The maximum absolute atomic E-state index is 5.64. The molecule has 0 fully saturated rings. The molecule has 0 amide bonds. The summed E-state index contributed by atoms with van der Waals surface area (Å²) >= 11 is 0. The second-order valence-corrected chi connectivity index (χ2v) is 13.1.